The van der Waals surface area contributed by atoms with Crippen LogP contribution in [0, 0.1) is 6.92 Å². The topological polar surface area (TPSA) is 19.6 Å². The highest BCUT2D eigenvalue weighted by Crippen LogP contribution is 2.46. The molecule has 0 bridgehead atoms. The van der Waals surface area contributed by atoms with Crippen LogP contribution in [0.5, 0.6) is 5.75 Å². The molecule has 2 heterocycles. The fraction of sp³-hybridized carbons (Fsp3) is 0.293. The van der Waals surface area contributed by atoms with Gasteiger partial charge in [-0.25, -0.2) is 0 Å². The van der Waals surface area contributed by atoms with E-state index in [1.165, 1.54) is 43.5 Å². The van der Waals surface area contributed by atoms with E-state index in [1.54, 1.807) is 7.11 Å². The third kappa shape index (κ3) is 7.34. The number of anilines is 2. The minimum absolute atomic E-state index is 0.856. The molecule has 4 aromatic carbocycles. The number of thioether (sulfide) groups is 1. The third-order valence-electron chi connectivity index (χ3n) is 9.04. The van der Waals surface area contributed by atoms with Crippen LogP contribution in [0.1, 0.15) is 36.5 Å². The first-order chi connectivity index (χ1) is 22.8. The smallest absolute Gasteiger partial charge is 0.282 e. The quantitative estimate of drug-likeness (QED) is 0.0998. The molecule has 6 heteroatoms. The van der Waals surface area contributed by atoms with Gasteiger partial charge in [-0.15, -0.1) is 0 Å². The van der Waals surface area contributed by atoms with Crippen LogP contribution in [-0.2, 0) is 6.54 Å². The van der Waals surface area contributed by atoms with E-state index in [1.807, 2.05) is 11.8 Å². The first-order valence-electron chi connectivity index (χ1n) is 16.7. The van der Waals surface area contributed by atoms with Crippen LogP contribution in [0.15, 0.2) is 113 Å². The molecule has 1 aliphatic heterocycles. The standard InChI is InChI=1S/C41H48N4OS/c1-7-23-43(24-14-25-45(4,5)30-32-16-13-15-31(2)26-32)40-27-33(28-41-42(3)37-19-11-12-20-39(37)47-41)36-22-21-35(46-6)29-38(36)44(40)34-17-9-8-10-18-34/h8-13,15-22,26-29H,7,14,23-25,30H2,1-6H3/q+2. The van der Waals surface area contributed by atoms with Crippen molar-refractivity contribution >= 4 is 40.2 Å². The van der Waals surface area contributed by atoms with Crippen LogP contribution in [0.3, 0.4) is 0 Å². The third-order valence-corrected chi connectivity index (χ3v) is 10.2. The Morgan fingerprint density at radius 1 is 0.894 bits per heavy atom. The van der Waals surface area contributed by atoms with E-state index < -0.39 is 0 Å². The van der Waals surface area contributed by atoms with Crippen molar-refractivity contribution in [2.75, 3.05) is 57.7 Å². The van der Waals surface area contributed by atoms with Gasteiger partial charge < -0.3 is 14.1 Å². The molecule has 5 aromatic rings. The molecule has 0 N–H and O–H groups in total. The molecule has 1 aromatic heterocycles. The lowest BCUT2D eigenvalue weighted by Gasteiger charge is -2.31. The van der Waals surface area contributed by atoms with Crippen molar-refractivity contribution in [3.05, 3.63) is 125 Å². The van der Waals surface area contributed by atoms with Gasteiger partial charge in [-0.2, -0.15) is 4.57 Å². The number of fused-ring (bicyclic) bond motifs is 2. The van der Waals surface area contributed by atoms with E-state index in [2.05, 4.69) is 159 Å². The number of ether oxygens (including phenoxy) is 1. The van der Waals surface area contributed by atoms with E-state index in [-0.39, 0.29) is 0 Å². The molecule has 0 spiro atoms. The lowest BCUT2D eigenvalue weighted by atomic mass is 10.1. The molecule has 0 saturated carbocycles. The zero-order valence-corrected chi connectivity index (χ0v) is 29.6. The van der Waals surface area contributed by atoms with E-state index in [0.29, 0.717) is 0 Å². The van der Waals surface area contributed by atoms with Gasteiger partial charge in [0.15, 0.2) is 0 Å². The van der Waals surface area contributed by atoms with Gasteiger partial charge in [0.05, 0.1) is 51.6 Å². The Balaban J connectivity index is 1.42. The Labute approximate surface area is 285 Å². The second kappa shape index (κ2) is 14.2. The number of hydrogen-bond donors (Lipinski definition) is 0. The summed E-state index contributed by atoms with van der Waals surface area (Å²) in [6.07, 6.45) is 4.52. The van der Waals surface area contributed by atoms with Gasteiger partial charge in [0, 0.05) is 41.4 Å². The fourth-order valence-electron chi connectivity index (χ4n) is 6.74. The maximum atomic E-state index is 5.80. The zero-order chi connectivity index (χ0) is 33.0. The summed E-state index contributed by atoms with van der Waals surface area (Å²) < 4.78 is 9.19. The predicted octanol–water partition coefficient (Wildman–Crippen LogP) is 8.86. The minimum atomic E-state index is 0.856. The second-order valence-electron chi connectivity index (χ2n) is 13.3. The molecule has 242 valence electrons. The summed E-state index contributed by atoms with van der Waals surface area (Å²) >= 11 is 1.84. The van der Waals surface area contributed by atoms with E-state index in [0.717, 1.165) is 60.5 Å². The Hall–Kier alpha value is -4.26. The summed E-state index contributed by atoms with van der Waals surface area (Å²) in [4.78, 5) is 6.20. The van der Waals surface area contributed by atoms with Gasteiger partial charge in [-0.1, -0.05) is 78.8 Å². The summed E-state index contributed by atoms with van der Waals surface area (Å²) in [5.41, 5.74) is 7.48. The second-order valence-corrected chi connectivity index (χ2v) is 14.3. The van der Waals surface area contributed by atoms with Crippen LogP contribution in [-0.4, -0.2) is 52.4 Å². The molecule has 5 nitrogen and oxygen atoms in total. The van der Waals surface area contributed by atoms with Crippen LogP contribution >= 0.6 is 11.8 Å². The number of methoxy groups -OCH3 is 1. The molecule has 0 amide bonds. The van der Waals surface area contributed by atoms with E-state index in [9.17, 15) is 0 Å². The summed E-state index contributed by atoms with van der Waals surface area (Å²) in [6.45, 7) is 8.54. The molecule has 0 radical (unpaired) electrons. The van der Waals surface area contributed by atoms with Crippen molar-refractivity contribution in [3.8, 4) is 11.4 Å². The lowest BCUT2D eigenvalue weighted by molar-refractivity contribution is -0.903. The van der Waals surface area contributed by atoms with Crippen molar-refractivity contribution < 1.29 is 13.8 Å². The van der Waals surface area contributed by atoms with Crippen molar-refractivity contribution in [1.82, 2.24) is 0 Å². The summed E-state index contributed by atoms with van der Waals surface area (Å²) in [5, 5.41) is 2.42. The number of para-hydroxylation sites is 2. The normalized spacial score (nSPS) is 13.7. The minimum Gasteiger partial charge on any atom is -0.497 e. The van der Waals surface area contributed by atoms with Gasteiger partial charge in [0.1, 0.15) is 23.5 Å². The Morgan fingerprint density at radius 2 is 1.68 bits per heavy atom. The van der Waals surface area contributed by atoms with Crippen molar-refractivity contribution in [3.63, 3.8) is 0 Å². The van der Waals surface area contributed by atoms with E-state index in [4.69, 9.17) is 4.74 Å². The zero-order valence-electron chi connectivity index (χ0n) is 28.7. The number of rotatable bonds is 12. The predicted molar refractivity (Wildman–Crippen MR) is 200 cm³/mol. The van der Waals surface area contributed by atoms with Crippen LogP contribution in [0.2, 0.25) is 0 Å². The Morgan fingerprint density at radius 3 is 2.43 bits per heavy atom. The molecule has 47 heavy (non-hydrogen) atoms. The van der Waals surface area contributed by atoms with Crippen LogP contribution < -0.4 is 19.1 Å². The van der Waals surface area contributed by atoms with Gasteiger partial charge >= 0.3 is 0 Å². The summed E-state index contributed by atoms with van der Waals surface area (Å²) in [7, 11) is 8.64. The maximum Gasteiger partial charge on any atom is 0.282 e. The number of pyridine rings is 1. The van der Waals surface area contributed by atoms with E-state index >= 15 is 0 Å². The molecular formula is C41H48N4OS+2. The van der Waals surface area contributed by atoms with Crippen molar-refractivity contribution in [2.45, 2.75) is 38.1 Å². The lowest BCUT2D eigenvalue weighted by Crippen LogP contribution is -2.44. The number of quaternary nitrogens is 1. The maximum absolute atomic E-state index is 5.80. The van der Waals surface area contributed by atoms with Gasteiger partial charge in [-0.05, 0) is 61.4 Å². The van der Waals surface area contributed by atoms with Crippen molar-refractivity contribution in [2.24, 2.45) is 0 Å². The number of aromatic nitrogens is 1. The summed E-state index contributed by atoms with van der Waals surface area (Å²) in [5.74, 6) is 2.06. The molecular weight excluding hydrogens is 597 g/mol. The molecule has 0 atom stereocenters. The molecule has 0 unspecified atom stereocenters. The van der Waals surface area contributed by atoms with Crippen molar-refractivity contribution in [1.29, 1.82) is 0 Å². The van der Waals surface area contributed by atoms with Gasteiger partial charge in [0.25, 0.3) is 5.82 Å². The number of hydrogen-bond acceptors (Lipinski definition) is 4. The number of nitrogens with zero attached hydrogens (tertiary/aromatic N) is 4. The molecule has 0 saturated heterocycles. The fourth-order valence-corrected chi connectivity index (χ4v) is 7.84. The highest BCUT2D eigenvalue weighted by molar-refractivity contribution is 8.03. The van der Waals surface area contributed by atoms with Gasteiger partial charge in [-0.3, -0.25) is 4.90 Å². The number of aryl methyl sites for hydroxylation is 1. The highest BCUT2D eigenvalue weighted by Gasteiger charge is 2.28. The SMILES string of the molecule is CCCN(CCC[N+](C)(C)Cc1cccc(C)c1)c1cc(C=C2Sc3ccccc3N2C)c2ccc(OC)cc2[n+]1-c1ccccc1. The molecule has 0 aliphatic carbocycles. The largest absolute Gasteiger partial charge is 0.497 e. The molecule has 6 rings (SSSR count). The molecule has 1 aliphatic rings. The Kier molecular flexibility index (Phi) is 9.90. The number of benzene rings is 4. The van der Waals surface area contributed by atoms with Gasteiger partial charge in [0.2, 0.25) is 0 Å². The highest BCUT2D eigenvalue weighted by atomic mass is 32.2. The average molecular weight is 645 g/mol. The summed E-state index contributed by atoms with van der Waals surface area (Å²) in [6, 6.07) is 37.3. The Bertz CT molecular complexity index is 1880. The first-order valence-corrected chi connectivity index (χ1v) is 17.5. The first kappa shape index (κ1) is 32.7. The monoisotopic (exact) mass is 644 g/mol. The average Bonchev–Trinajstić information content (AvgIpc) is 3.38. The molecule has 0 fully saturated rings. The van der Waals surface area contributed by atoms with Crippen LogP contribution in [0.4, 0.5) is 11.5 Å². The van der Waals surface area contributed by atoms with Crippen LogP contribution in [0.25, 0.3) is 22.7 Å².